The summed E-state index contributed by atoms with van der Waals surface area (Å²) in [5.74, 6) is 0.762. The number of hydrogen-bond donors (Lipinski definition) is 0. The Bertz CT molecular complexity index is 222. The number of hydrogen-bond acceptors (Lipinski definition) is 2. The van der Waals surface area contributed by atoms with Crippen molar-refractivity contribution in [2.75, 3.05) is 6.61 Å². The van der Waals surface area contributed by atoms with Crippen LogP contribution in [0, 0.1) is 5.92 Å². The molecule has 0 radical (unpaired) electrons. The number of fused-ring (bicyclic) bond motifs is 1. The van der Waals surface area contributed by atoms with E-state index in [1.165, 1.54) is 19.3 Å². The van der Waals surface area contributed by atoms with Crippen molar-refractivity contribution < 1.29 is 9.47 Å². The zero-order valence-electron chi connectivity index (χ0n) is 7.80. The zero-order valence-corrected chi connectivity index (χ0v) is 7.80. The maximum Gasteiger partial charge on any atom is 0.0920 e. The normalized spacial score (nSPS) is 62.5. The van der Waals surface area contributed by atoms with Crippen LogP contribution >= 0.6 is 0 Å². The van der Waals surface area contributed by atoms with Gasteiger partial charge in [-0.15, -0.1) is 0 Å². The Labute approximate surface area is 73.2 Å². The highest BCUT2D eigenvalue weighted by atomic mass is 16.6. The van der Waals surface area contributed by atoms with E-state index in [1.807, 2.05) is 0 Å². The van der Waals surface area contributed by atoms with Crippen LogP contribution in [0.1, 0.15) is 33.1 Å². The third-order valence-corrected chi connectivity index (χ3v) is 3.99. The van der Waals surface area contributed by atoms with Crippen LogP contribution in [0.25, 0.3) is 0 Å². The molecule has 2 heterocycles. The maximum atomic E-state index is 5.66. The van der Waals surface area contributed by atoms with Gasteiger partial charge in [0.15, 0.2) is 0 Å². The van der Waals surface area contributed by atoms with Gasteiger partial charge in [0.2, 0.25) is 0 Å². The Kier molecular flexibility index (Phi) is 1.15. The lowest BCUT2D eigenvalue weighted by atomic mass is 9.77. The Morgan fingerprint density at radius 2 is 2.00 bits per heavy atom. The largest absolute Gasteiger partial charge is 0.370 e. The second kappa shape index (κ2) is 1.88. The van der Waals surface area contributed by atoms with Crippen LogP contribution < -0.4 is 0 Å². The SMILES string of the molecule is C[C@]1([C@H]2CC[C@@]3(C)O[C@@H]3C2)CO1. The summed E-state index contributed by atoms with van der Waals surface area (Å²) in [4.78, 5) is 0. The predicted molar refractivity (Wildman–Crippen MR) is 45.0 cm³/mol. The first-order valence-electron chi connectivity index (χ1n) is 4.94. The monoisotopic (exact) mass is 168 g/mol. The van der Waals surface area contributed by atoms with Gasteiger partial charge in [0.25, 0.3) is 0 Å². The molecule has 3 rings (SSSR count). The van der Waals surface area contributed by atoms with Crippen LogP contribution in [0.4, 0.5) is 0 Å². The summed E-state index contributed by atoms with van der Waals surface area (Å²) in [5.41, 5.74) is 0.495. The van der Waals surface area contributed by atoms with Crippen molar-refractivity contribution in [2.45, 2.75) is 50.4 Å². The summed E-state index contributed by atoms with van der Waals surface area (Å²) in [6.07, 6.45) is 4.31. The fraction of sp³-hybridized carbons (Fsp3) is 1.00. The van der Waals surface area contributed by atoms with Gasteiger partial charge in [0.1, 0.15) is 0 Å². The summed E-state index contributed by atoms with van der Waals surface area (Å²) in [5, 5.41) is 0. The van der Waals surface area contributed by atoms with Gasteiger partial charge in [0.05, 0.1) is 23.9 Å². The molecule has 68 valence electrons. The molecule has 0 N–H and O–H groups in total. The lowest BCUT2D eigenvalue weighted by molar-refractivity contribution is 0.191. The van der Waals surface area contributed by atoms with Crippen molar-refractivity contribution in [3.8, 4) is 0 Å². The molecule has 0 aromatic carbocycles. The fourth-order valence-corrected chi connectivity index (χ4v) is 2.55. The zero-order chi connectivity index (χ0) is 8.40. The van der Waals surface area contributed by atoms with Gasteiger partial charge in [-0.25, -0.2) is 0 Å². The van der Waals surface area contributed by atoms with E-state index < -0.39 is 0 Å². The van der Waals surface area contributed by atoms with E-state index in [9.17, 15) is 0 Å². The molecule has 12 heavy (non-hydrogen) atoms. The summed E-state index contributed by atoms with van der Waals surface area (Å²) in [6.45, 7) is 5.45. The maximum absolute atomic E-state index is 5.66. The number of ether oxygens (including phenoxy) is 2. The van der Waals surface area contributed by atoms with Gasteiger partial charge >= 0.3 is 0 Å². The Morgan fingerprint density at radius 3 is 2.58 bits per heavy atom. The van der Waals surface area contributed by atoms with Gasteiger partial charge in [-0.1, -0.05) is 0 Å². The van der Waals surface area contributed by atoms with E-state index in [0.29, 0.717) is 6.10 Å². The molecule has 3 fully saturated rings. The van der Waals surface area contributed by atoms with E-state index in [-0.39, 0.29) is 11.2 Å². The minimum atomic E-state index is 0.229. The molecule has 2 heteroatoms. The van der Waals surface area contributed by atoms with E-state index in [4.69, 9.17) is 9.47 Å². The van der Waals surface area contributed by atoms with Gasteiger partial charge in [-0.2, -0.15) is 0 Å². The van der Waals surface area contributed by atoms with Gasteiger partial charge in [-0.05, 0) is 39.0 Å². The molecular weight excluding hydrogens is 152 g/mol. The van der Waals surface area contributed by atoms with Crippen molar-refractivity contribution in [1.82, 2.24) is 0 Å². The molecule has 1 aliphatic carbocycles. The lowest BCUT2D eigenvalue weighted by Gasteiger charge is -2.25. The molecule has 0 amide bonds. The third kappa shape index (κ3) is 0.882. The molecular formula is C10H16O2. The minimum absolute atomic E-state index is 0.229. The smallest absolute Gasteiger partial charge is 0.0920 e. The standard InChI is InChI=1S/C10H16O2/c1-9-4-3-7(5-8(9)12-9)10(2)6-11-10/h7-8H,3-6H2,1-2H3/t7-,8+,9+,10+/m0/s1. The number of rotatable bonds is 1. The van der Waals surface area contributed by atoms with Crippen LogP contribution in [0.5, 0.6) is 0 Å². The first-order chi connectivity index (χ1) is 5.62. The molecule has 0 bridgehead atoms. The van der Waals surface area contributed by atoms with E-state index in [0.717, 1.165) is 12.5 Å². The van der Waals surface area contributed by atoms with E-state index in [2.05, 4.69) is 13.8 Å². The van der Waals surface area contributed by atoms with Crippen LogP contribution in [0.3, 0.4) is 0 Å². The Hall–Kier alpha value is -0.0800. The fourth-order valence-electron chi connectivity index (χ4n) is 2.55. The first kappa shape index (κ1) is 7.34. The molecule has 1 saturated carbocycles. The second-order valence-corrected chi connectivity index (χ2v) is 4.99. The molecule has 0 aromatic heterocycles. The highest BCUT2D eigenvalue weighted by Gasteiger charge is 2.60. The molecule has 4 atom stereocenters. The highest BCUT2D eigenvalue weighted by Crippen LogP contribution is 2.54. The third-order valence-electron chi connectivity index (χ3n) is 3.99. The molecule has 0 aromatic rings. The predicted octanol–water partition coefficient (Wildman–Crippen LogP) is 1.73. The van der Waals surface area contributed by atoms with Gasteiger partial charge in [-0.3, -0.25) is 0 Å². The molecule has 0 unspecified atom stereocenters. The first-order valence-corrected chi connectivity index (χ1v) is 4.94. The topological polar surface area (TPSA) is 25.1 Å². The average Bonchev–Trinajstić information content (AvgIpc) is 2.86. The molecule has 2 aliphatic heterocycles. The van der Waals surface area contributed by atoms with Crippen molar-refractivity contribution in [3.63, 3.8) is 0 Å². The van der Waals surface area contributed by atoms with Crippen molar-refractivity contribution in [3.05, 3.63) is 0 Å². The lowest BCUT2D eigenvalue weighted by Crippen LogP contribution is -2.29. The molecule has 0 spiro atoms. The quantitative estimate of drug-likeness (QED) is 0.557. The van der Waals surface area contributed by atoms with Crippen molar-refractivity contribution in [2.24, 2.45) is 5.92 Å². The average molecular weight is 168 g/mol. The van der Waals surface area contributed by atoms with Crippen LogP contribution in [0.15, 0.2) is 0 Å². The minimum Gasteiger partial charge on any atom is -0.370 e. The van der Waals surface area contributed by atoms with E-state index in [1.54, 1.807) is 0 Å². The van der Waals surface area contributed by atoms with Gasteiger partial charge < -0.3 is 9.47 Å². The summed E-state index contributed by atoms with van der Waals surface area (Å²) >= 11 is 0. The van der Waals surface area contributed by atoms with Gasteiger partial charge in [0, 0.05) is 0 Å². The summed E-state index contributed by atoms with van der Waals surface area (Å²) < 4.78 is 11.1. The molecule has 3 aliphatic rings. The highest BCUT2D eigenvalue weighted by molar-refractivity contribution is 5.08. The molecule has 2 saturated heterocycles. The Morgan fingerprint density at radius 1 is 1.25 bits per heavy atom. The Balaban J connectivity index is 1.70. The van der Waals surface area contributed by atoms with Crippen LogP contribution in [0.2, 0.25) is 0 Å². The summed E-state index contributed by atoms with van der Waals surface area (Å²) in [7, 11) is 0. The van der Waals surface area contributed by atoms with Crippen LogP contribution in [-0.4, -0.2) is 23.9 Å². The van der Waals surface area contributed by atoms with Crippen molar-refractivity contribution >= 4 is 0 Å². The van der Waals surface area contributed by atoms with Crippen molar-refractivity contribution in [1.29, 1.82) is 0 Å². The second-order valence-electron chi connectivity index (χ2n) is 4.99. The number of epoxide rings is 2. The van der Waals surface area contributed by atoms with Crippen LogP contribution in [-0.2, 0) is 9.47 Å². The summed E-state index contributed by atoms with van der Waals surface area (Å²) in [6, 6.07) is 0. The molecule has 2 nitrogen and oxygen atoms in total. The van der Waals surface area contributed by atoms with E-state index >= 15 is 0 Å².